The van der Waals surface area contributed by atoms with Gasteiger partial charge in [0.2, 0.25) is 0 Å². The van der Waals surface area contributed by atoms with Crippen molar-refractivity contribution in [2.75, 3.05) is 6.61 Å². The van der Waals surface area contributed by atoms with Crippen LogP contribution >= 0.6 is 0 Å². The topological polar surface area (TPSA) is 50.1 Å². The van der Waals surface area contributed by atoms with Gasteiger partial charge in [-0.25, -0.2) is 4.79 Å². The molecule has 0 rings (SSSR count). The highest BCUT2D eigenvalue weighted by molar-refractivity contribution is 5.92. The third-order valence-corrected chi connectivity index (χ3v) is 0.841. The van der Waals surface area contributed by atoms with Gasteiger partial charge in [-0.3, -0.25) is 0 Å². The normalized spacial score (nSPS) is 12.7. The fraction of sp³-hybridized carbons (Fsp3) is 0.429. The molecule has 0 fully saturated rings. The summed E-state index contributed by atoms with van der Waals surface area (Å²) in [5, 5.41) is 8.36. The number of nitriles is 1. The van der Waals surface area contributed by atoms with E-state index in [9.17, 15) is 4.79 Å². The molecule has 0 heterocycles. The summed E-state index contributed by atoms with van der Waals surface area (Å²) in [6.45, 7) is 3.24. The van der Waals surface area contributed by atoms with Crippen LogP contribution in [0.4, 0.5) is 0 Å². The van der Waals surface area contributed by atoms with Gasteiger partial charge in [0.05, 0.1) is 7.98 Å². The molecule has 0 radical (unpaired) electrons. The Bertz CT molecular complexity index is 223. The Morgan fingerprint density at radius 3 is 2.90 bits per heavy atom. The molecule has 0 aliphatic rings. The molecule has 3 heteroatoms. The number of carbonyl (C=O) groups excluding carboxylic acids is 1. The van der Waals surface area contributed by atoms with E-state index in [-0.39, 0.29) is 18.2 Å². The lowest BCUT2D eigenvalue weighted by Crippen LogP contribution is -2.05. The Hall–Kier alpha value is -1.30. The summed E-state index contributed by atoms with van der Waals surface area (Å²) in [6, 6.07) is 1.54. The predicted octanol–water partition coefficient (Wildman–Crippen LogP) is 1.02. The molecule has 0 aliphatic carbocycles. The molecule has 0 aromatic rings. The van der Waals surface area contributed by atoms with E-state index in [1.807, 2.05) is 0 Å². The minimum Gasteiger partial charge on any atom is -0.462 e. The molecule has 0 aliphatic heterocycles. The lowest BCUT2D eigenvalue weighted by Gasteiger charge is -1.96. The van der Waals surface area contributed by atoms with E-state index in [1.165, 1.54) is 6.92 Å². The number of carbonyl (C=O) groups is 1. The lowest BCUT2D eigenvalue weighted by molar-refractivity contribution is -0.138. The smallest absolute Gasteiger partial charge is 0.348 e. The quantitative estimate of drug-likeness (QED) is 0.327. The van der Waals surface area contributed by atoms with Crippen molar-refractivity contribution >= 4 is 5.97 Å². The average Bonchev–Trinajstić information content (AvgIpc) is 1.88. The largest absolute Gasteiger partial charge is 0.462 e. The predicted molar refractivity (Wildman–Crippen MR) is 36.0 cm³/mol. The zero-order chi connectivity index (χ0) is 8.85. The van der Waals surface area contributed by atoms with Crippen molar-refractivity contribution in [2.45, 2.75) is 13.8 Å². The molecule has 0 bridgehead atoms. The van der Waals surface area contributed by atoms with E-state index in [4.69, 9.17) is 6.63 Å². The number of esters is 1. The molecule has 3 nitrogen and oxygen atoms in total. The van der Waals surface area contributed by atoms with Crippen LogP contribution in [-0.4, -0.2) is 12.6 Å². The van der Waals surface area contributed by atoms with Gasteiger partial charge in [0, 0.05) is 0 Å². The van der Waals surface area contributed by atoms with Crippen LogP contribution < -0.4 is 0 Å². The van der Waals surface area contributed by atoms with Crippen LogP contribution in [0.25, 0.3) is 0 Å². The molecule has 0 saturated carbocycles. The van der Waals surface area contributed by atoms with Crippen molar-refractivity contribution in [1.82, 2.24) is 0 Å². The molecule has 0 aromatic heterocycles. The van der Waals surface area contributed by atoms with Crippen molar-refractivity contribution in [3.8, 4) is 6.07 Å². The van der Waals surface area contributed by atoms with Gasteiger partial charge in [-0.15, -0.1) is 0 Å². The van der Waals surface area contributed by atoms with E-state index in [0.717, 1.165) is 0 Å². The SMILES string of the molecule is [2H]/C(C)=C(/C#N)C(=O)OCC. The maximum Gasteiger partial charge on any atom is 0.348 e. The van der Waals surface area contributed by atoms with Crippen LogP contribution in [0.15, 0.2) is 11.6 Å². The monoisotopic (exact) mass is 140 g/mol. The van der Waals surface area contributed by atoms with Crippen LogP contribution in [0, 0.1) is 11.3 Å². The first-order valence-corrected chi connectivity index (χ1v) is 2.88. The van der Waals surface area contributed by atoms with Gasteiger partial charge < -0.3 is 4.74 Å². The number of hydrogen-bond acceptors (Lipinski definition) is 3. The van der Waals surface area contributed by atoms with Crippen LogP contribution in [0.1, 0.15) is 15.2 Å². The fourth-order valence-electron chi connectivity index (χ4n) is 0.407. The molecule has 0 aromatic carbocycles. The third kappa shape index (κ3) is 2.31. The van der Waals surface area contributed by atoms with E-state index >= 15 is 0 Å². The molecule has 10 heavy (non-hydrogen) atoms. The zero-order valence-corrected chi connectivity index (χ0v) is 5.97. The average molecular weight is 140 g/mol. The second-order valence-corrected chi connectivity index (χ2v) is 1.46. The van der Waals surface area contributed by atoms with E-state index in [0.29, 0.717) is 0 Å². The number of hydrogen-bond donors (Lipinski definition) is 0. The van der Waals surface area contributed by atoms with E-state index in [1.54, 1.807) is 13.0 Å². The second-order valence-electron chi connectivity index (χ2n) is 1.46. The van der Waals surface area contributed by atoms with Crippen LogP contribution in [0.3, 0.4) is 0 Å². The maximum atomic E-state index is 10.8. The van der Waals surface area contributed by atoms with Gasteiger partial charge >= 0.3 is 5.97 Å². The van der Waals surface area contributed by atoms with Gasteiger partial charge in [-0.2, -0.15) is 5.26 Å². The summed E-state index contributed by atoms with van der Waals surface area (Å²) < 4.78 is 11.5. The molecule has 0 atom stereocenters. The van der Waals surface area contributed by atoms with Crippen LogP contribution in [-0.2, 0) is 9.53 Å². The first-order valence-electron chi connectivity index (χ1n) is 3.38. The summed E-state index contributed by atoms with van der Waals surface area (Å²) in [5.74, 6) is -0.720. The van der Waals surface area contributed by atoms with Gasteiger partial charge in [0.1, 0.15) is 11.6 Å². The first-order chi connectivity index (χ1) is 5.13. The van der Waals surface area contributed by atoms with E-state index in [2.05, 4.69) is 4.74 Å². The number of nitrogens with zero attached hydrogens (tertiary/aromatic N) is 1. The van der Waals surface area contributed by atoms with Crippen molar-refractivity contribution in [1.29, 1.82) is 5.26 Å². The van der Waals surface area contributed by atoms with Crippen molar-refractivity contribution in [3.63, 3.8) is 0 Å². The zero-order valence-electron chi connectivity index (χ0n) is 6.97. The highest BCUT2D eigenvalue weighted by atomic mass is 16.5. The minimum absolute atomic E-state index is 0.0639. The highest BCUT2D eigenvalue weighted by Crippen LogP contribution is 1.94. The summed E-state index contributed by atoms with van der Waals surface area (Å²) in [7, 11) is 0. The molecular formula is C7H9NO2. The number of allylic oxidation sites excluding steroid dienone is 1. The second kappa shape index (κ2) is 4.57. The fourth-order valence-corrected chi connectivity index (χ4v) is 0.407. The highest BCUT2D eigenvalue weighted by Gasteiger charge is 2.06. The van der Waals surface area contributed by atoms with Gasteiger partial charge in [-0.1, -0.05) is 6.05 Å². The summed E-state index contributed by atoms with van der Waals surface area (Å²) in [6.07, 6.45) is 0. The molecule has 0 spiro atoms. The van der Waals surface area contributed by atoms with Gasteiger partial charge in [0.15, 0.2) is 0 Å². The van der Waals surface area contributed by atoms with E-state index < -0.39 is 5.97 Å². The number of rotatable bonds is 2. The Labute approximate surface area is 61.3 Å². The number of ether oxygens (including phenoxy) is 1. The summed E-state index contributed by atoms with van der Waals surface area (Å²) >= 11 is 0. The van der Waals surface area contributed by atoms with Crippen LogP contribution in [0.2, 0.25) is 0 Å². The summed E-state index contributed by atoms with van der Waals surface area (Å²) in [5.41, 5.74) is -0.230. The Balaban J connectivity index is 4.45. The molecule has 0 saturated heterocycles. The molecule has 54 valence electrons. The molecule has 0 unspecified atom stereocenters. The molecular weight excluding hydrogens is 130 g/mol. The van der Waals surface area contributed by atoms with Gasteiger partial charge in [0.25, 0.3) is 0 Å². The van der Waals surface area contributed by atoms with Gasteiger partial charge in [-0.05, 0) is 13.8 Å². The maximum absolute atomic E-state index is 10.8. The summed E-state index contributed by atoms with van der Waals surface area (Å²) in [4.78, 5) is 10.8. The van der Waals surface area contributed by atoms with Crippen molar-refractivity contribution in [2.24, 2.45) is 0 Å². The molecule has 0 amide bonds. The van der Waals surface area contributed by atoms with Crippen molar-refractivity contribution < 1.29 is 10.9 Å². The Kier molecular flexibility index (Phi) is 3.11. The first kappa shape index (κ1) is 6.81. The lowest BCUT2D eigenvalue weighted by atomic mass is 10.3. The van der Waals surface area contributed by atoms with Crippen LogP contribution in [0.5, 0.6) is 0 Å². The Morgan fingerprint density at radius 1 is 2.00 bits per heavy atom. The Morgan fingerprint density at radius 2 is 2.60 bits per heavy atom. The third-order valence-electron chi connectivity index (χ3n) is 0.841. The minimum atomic E-state index is -0.720. The van der Waals surface area contributed by atoms with Crippen molar-refractivity contribution in [3.05, 3.63) is 11.6 Å². The standard InChI is InChI=1S/C7H9NO2/c1-3-6(5-8)7(9)10-4-2/h3H,4H2,1-2H3/b6-3+/i3D. The molecule has 0 N–H and O–H groups in total.